The largest absolute Gasteiger partial charge is 0.325 e. The van der Waals surface area contributed by atoms with Gasteiger partial charge in [0.15, 0.2) is 0 Å². The van der Waals surface area contributed by atoms with Gasteiger partial charge in [0.05, 0.1) is 11.4 Å². The second kappa shape index (κ2) is 3.61. The number of aromatic nitrogens is 3. The van der Waals surface area contributed by atoms with Crippen LogP contribution in [-0.2, 0) is 13.1 Å². The van der Waals surface area contributed by atoms with Gasteiger partial charge in [-0.2, -0.15) is 0 Å². The molecule has 0 amide bonds. The third-order valence-corrected chi connectivity index (χ3v) is 2.32. The molecule has 6 heteroatoms. The van der Waals surface area contributed by atoms with Crippen LogP contribution in [-0.4, -0.2) is 21.4 Å². The molecule has 0 atom stereocenters. The summed E-state index contributed by atoms with van der Waals surface area (Å²) in [6.07, 6.45) is -0.326. The molecule has 0 spiro atoms. The molecule has 1 aromatic heterocycles. The van der Waals surface area contributed by atoms with E-state index < -0.39 is 6.43 Å². The van der Waals surface area contributed by atoms with Crippen molar-refractivity contribution in [2.75, 3.05) is 0 Å². The molecule has 1 fully saturated rings. The Morgan fingerprint density at radius 3 is 2.71 bits per heavy atom. The molecule has 0 aromatic carbocycles. The molecule has 1 saturated carbocycles. The summed E-state index contributed by atoms with van der Waals surface area (Å²) in [6, 6.07) is 0. The molecule has 14 heavy (non-hydrogen) atoms. The first kappa shape index (κ1) is 9.51. The van der Waals surface area contributed by atoms with E-state index in [2.05, 4.69) is 10.3 Å². The van der Waals surface area contributed by atoms with Gasteiger partial charge in [0.1, 0.15) is 6.54 Å². The Labute approximate surface area is 80.1 Å². The van der Waals surface area contributed by atoms with E-state index in [1.807, 2.05) is 0 Å². The van der Waals surface area contributed by atoms with E-state index >= 15 is 0 Å². The van der Waals surface area contributed by atoms with E-state index in [1.165, 1.54) is 4.68 Å². The zero-order chi connectivity index (χ0) is 10.1. The maximum absolute atomic E-state index is 12.2. The number of alkyl halides is 2. The molecule has 0 radical (unpaired) electrons. The average Bonchev–Trinajstić information content (AvgIpc) is 2.88. The van der Waals surface area contributed by atoms with Crippen LogP contribution in [0.3, 0.4) is 0 Å². The van der Waals surface area contributed by atoms with Crippen LogP contribution in [0.5, 0.6) is 0 Å². The fraction of sp³-hybridized carbons (Fsp3) is 0.750. The number of hydrogen-bond donors (Lipinski definition) is 1. The summed E-state index contributed by atoms with van der Waals surface area (Å²) >= 11 is 0. The molecular formula is C8H12F2N4. The molecule has 0 saturated heterocycles. The van der Waals surface area contributed by atoms with Crippen LogP contribution in [0.2, 0.25) is 0 Å². The Morgan fingerprint density at radius 1 is 1.50 bits per heavy atom. The van der Waals surface area contributed by atoms with Gasteiger partial charge in [-0.15, -0.1) is 5.10 Å². The molecule has 2 rings (SSSR count). The van der Waals surface area contributed by atoms with Gasteiger partial charge in [-0.25, -0.2) is 13.5 Å². The predicted molar refractivity (Wildman–Crippen MR) is 45.9 cm³/mol. The highest BCUT2D eigenvalue weighted by atomic mass is 19.3. The highest BCUT2D eigenvalue weighted by Crippen LogP contribution is 2.41. The van der Waals surface area contributed by atoms with Gasteiger partial charge < -0.3 is 5.73 Å². The lowest BCUT2D eigenvalue weighted by Crippen LogP contribution is -2.12. The molecule has 4 nitrogen and oxygen atoms in total. The minimum absolute atomic E-state index is 0.273. The van der Waals surface area contributed by atoms with Crippen molar-refractivity contribution >= 4 is 0 Å². The minimum atomic E-state index is -2.39. The van der Waals surface area contributed by atoms with E-state index in [1.54, 1.807) is 0 Å². The van der Waals surface area contributed by atoms with E-state index in [9.17, 15) is 8.78 Å². The average molecular weight is 202 g/mol. The van der Waals surface area contributed by atoms with Gasteiger partial charge in [-0.05, 0) is 12.8 Å². The van der Waals surface area contributed by atoms with E-state index in [-0.39, 0.29) is 13.1 Å². The monoisotopic (exact) mass is 202 g/mol. The Balaban J connectivity index is 2.25. The molecular weight excluding hydrogens is 190 g/mol. The second-order valence-electron chi connectivity index (χ2n) is 3.47. The van der Waals surface area contributed by atoms with E-state index in [0.717, 1.165) is 18.5 Å². The van der Waals surface area contributed by atoms with Crippen LogP contribution < -0.4 is 5.73 Å². The number of rotatable bonds is 4. The maximum atomic E-state index is 12.2. The standard InChI is InChI=1S/C8H12F2N4/c9-7(10)4-14-8(5-1-2-5)6(3-11)12-13-14/h5,7H,1-4,11H2. The van der Waals surface area contributed by atoms with Gasteiger partial charge in [0, 0.05) is 12.5 Å². The SMILES string of the molecule is NCc1nnn(CC(F)F)c1C1CC1. The molecule has 78 valence electrons. The van der Waals surface area contributed by atoms with Gasteiger partial charge in [0.2, 0.25) is 0 Å². The van der Waals surface area contributed by atoms with Crippen LogP contribution in [0.25, 0.3) is 0 Å². The number of halogens is 2. The van der Waals surface area contributed by atoms with Crippen molar-refractivity contribution in [3.63, 3.8) is 0 Å². The highest BCUT2D eigenvalue weighted by Gasteiger charge is 2.31. The van der Waals surface area contributed by atoms with Gasteiger partial charge in [-0.3, -0.25) is 0 Å². The van der Waals surface area contributed by atoms with Crippen molar-refractivity contribution < 1.29 is 8.78 Å². The van der Waals surface area contributed by atoms with Crippen LogP contribution in [0.1, 0.15) is 30.1 Å². The summed E-state index contributed by atoms with van der Waals surface area (Å²) < 4.78 is 25.7. The van der Waals surface area contributed by atoms with Gasteiger partial charge >= 0.3 is 0 Å². The number of hydrogen-bond acceptors (Lipinski definition) is 3. The Morgan fingerprint density at radius 2 is 2.21 bits per heavy atom. The Hall–Kier alpha value is -1.04. The zero-order valence-corrected chi connectivity index (χ0v) is 7.66. The Bertz CT molecular complexity index is 319. The number of nitrogens with two attached hydrogens (primary N) is 1. The normalized spacial score (nSPS) is 16.6. The molecule has 1 aliphatic carbocycles. The third-order valence-electron chi connectivity index (χ3n) is 2.32. The molecule has 1 aliphatic rings. The summed E-state index contributed by atoms with van der Waals surface area (Å²) in [5.74, 6) is 0.349. The lowest BCUT2D eigenvalue weighted by atomic mass is 10.2. The third kappa shape index (κ3) is 1.75. The van der Waals surface area contributed by atoms with Crippen LogP contribution >= 0.6 is 0 Å². The summed E-state index contributed by atoms with van der Waals surface area (Å²) in [5, 5.41) is 7.50. The van der Waals surface area contributed by atoms with E-state index in [4.69, 9.17) is 5.73 Å². The van der Waals surface area contributed by atoms with Crippen LogP contribution in [0.15, 0.2) is 0 Å². The van der Waals surface area contributed by atoms with Crippen LogP contribution in [0.4, 0.5) is 8.78 Å². The van der Waals surface area contributed by atoms with Crippen molar-refractivity contribution in [2.45, 2.75) is 38.3 Å². The molecule has 2 N–H and O–H groups in total. The molecule has 0 unspecified atom stereocenters. The van der Waals surface area contributed by atoms with Crippen molar-refractivity contribution in [3.05, 3.63) is 11.4 Å². The van der Waals surface area contributed by atoms with Gasteiger partial charge in [-0.1, -0.05) is 5.21 Å². The maximum Gasteiger partial charge on any atom is 0.257 e. The first-order valence-corrected chi connectivity index (χ1v) is 4.63. The van der Waals surface area contributed by atoms with Crippen molar-refractivity contribution in [2.24, 2.45) is 5.73 Å². The molecule has 1 heterocycles. The van der Waals surface area contributed by atoms with Crippen molar-refractivity contribution in [3.8, 4) is 0 Å². The fourth-order valence-electron chi connectivity index (χ4n) is 1.57. The summed E-state index contributed by atoms with van der Waals surface area (Å²) in [6.45, 7) is -0.103. The lowest BCUT2D eigenvalue weighted by molar-refractivity contribution is 0.119. The lowest BCUT2D eigenvalue weighted by Gasteiger charge is -2.04. The van der Waals surface area contributed by atoms with E-state index in [0.29, 0.717) is 11.6 Å². The zero-order valence-electron chi connectivity index (χ0n) is 7.66. The fourth-order valence-corrected chi connectivity index (χ4v) is 1.57. The predicted octanol–water partition coefficient (Wildman–Crippen LogP) is 0.879. The Kier molecular flexibility index (Phi) is 2.45. The highest BCUT2D eigenvalue weighted by molar-refractivity contribution is 5.20. The number of nitrogens with zero attached hydrogens (tertiary/aromatic N) is 3. The van der Waals surface area contributed by atoms with Crippen molar-refractivity contribution in [1.82, 2.24) is 15.0 Å². The van der Waals surface area contributed by atoms with Crippen LogP contribution in [0, 0.1) is 0 Å². The minimum Gasteiger partial charge on any atom is -0.325 e. The van der Waals surface area contributed by atoms with Crippen molar-refractivity contribution in [1.29, 1.82) is 0 Å². The quantitative estimate of drug-likeness (QED) is 0.788. The second-order valence-corrected chi connectivity index (χ2v) is 3.47. The molecule has 1 aromatic rings. The first-order valence-electron chi connectivity index (χ1n) is 4.63. The first-order chi connectivity index (χ1) is 6.72. The summed E-state index contributed by atoms with van der Waals surface area (Å²) in [4.78, 5) is 0. The molecule has 0 bridgehead atoms. The smallest absolute Gasteiger partial charge is 0.257 e. The topological polar surface area (TPSA) is 56.7 Å². The summed E-state index contributed by atoms with van der Waals surface area (Å²) in [5.41, 5.74) is 6.93. The summed E-state index contributed by atoms with van der Waals surface area (Å²) in [7, 11) is 0. The molecule has 0 aliphatic heterocycles. The van der Waals surface area contributed by atoms with Gasteiger partial charge in [0.25, 0.3) is 6.43 Å².